The topological polar surface area (TPSA) is 72.2 Å². The molecule has 0 aliphatic carbocycles. The Hall–Kier alpha value is -5.04. The summed E-state index contributed by atoms with van der Waals surface area (Å²) in [5, 5.41) is 10.4. The number of imide groups is 1. The maximum absolute atomic E-state index is 13.7. The van der Waals surface area contributed by atoms with Crippen LogP contribution in [0.1, 0.15) is 58.2 Å². The third kappa shape index (κ3) is 4.40. The molecule has 2 aromatic heterocycles. The fourth-order valence-corrected chi connectivity index (χ4v) is 9.82. The molecule has 0 radical (unpaired) electrons. The first-order valence-corrected chi connectivity index (χ1v) is 18.2. The predicted octanol–water partition coefficient (Wildman–Crippen LogP) is 11.4. The molecule has 0 fully saturated rings. The van der Waals surface area contributed by atoms with E-state index in [1.54, 1.807) is 11.3 Å². The highest BCUT2D eigenvalue weighted by molar-refractivity contribution is 7.23. The van der Waals surface area contributed by atoms with Crippen molar-refractivity contribution in [3.8, 4) is 31.3 Å². The molecule has 0 spiro atoms. The van der Waals surface area contributed by atoms with E-state index in [0.29, 0.717) is 27.8 Å². The molecule has 48 heavy (non-hydrogen) atoms. The second-order valence-electron chi connectivity index (χ2n) is 12.8. The summed E-state index contributed by atoms with van der Waals surface area (Å²) in [4.78, 5) is 32.2. The van der Waals surface area contributed by atoms with Gasteiger partial charge in [-0.3, -0.25) is 14.9 Å². The van der Waals surface area contributed by atoms with E-state index in [9.17, 15) is 9.59 Å². The standard InChI is InChI=1S/C42H32N2O2S2/c1-2-3-4-5-10-26-17-20-32(47-26)33-22-21-31(48-33)23-13-15-25(16-14-23)35-39-37-30(41(45)44-42(39)46)19-18-28-27-11-6-8-24-9-7-12-29(34(24)27)38(36(28)37)40(35)43/h6-9,11-22H,2-5,10,43H2,1H3,(H,44,45,46). The van der Waals surface area contributed by atoms with Crippen LogP contribution in [0.15, 0.2) is 97.1 Å². The van der Waals surface area contributed by atoms with Crippen LogP contribution in [0.2, 0.25) is 0 Å². The second-order valence-corrected chi connectivity index (χ2v) is 15.0. The molecule has 3 heterocycles. The number of carbonyl (C=O) groups excluding carboxylic acids is 2. The molecule has 0 unspecified atom stereocenters. The van der Waals surface area contributed by atoms with Crippen LogP contribution < -0.4 is 11.1 Å². The van der Waals surface area contributed by atoms with Crippen molar-refractivity contribution in [2.75, 3.05) is 5.73 Å². The molecule has 1 aliphatic rings. The first kappa shape index (κ1) is 29.1. The minimum atomic E-state index is -0.414. The fraction of sp³-hybridized carbons (Fsp3) is 0.143. The number of benzene rings is 6. The highest BCUT2D eigenvalue weighted by atomic mass is 32.1. The third-order valence-electron chi connectivity index (χ3n) is 9.90. The molecule has 8 aromatic rings. The molecule has 2 amide bonds. The Kier molecular flexibility index (Phi) is 6.85. The summed E-state index contributed by atoms with van der Waals surface area (Å²) in [6.07, 6.45) is 6.27. The van der Waals surface area contributed by atoms with E-state index in [-0.39, 0.29) is 5.91 Å². The summed E-state index contributed by atoms with van der Waals surface area (Å²) in [5.41, 5.74) is 11.3. The number of nitrogen functional groups attached to an aromatic ring is 1. The van der Waals surface area contributed by atoms with Crippen molar-refractivity contribution < 1.29 is 9.59 Å². The molecule has 3 N–H and O–H groups in total. The van der Waals surface area contributed by atoms with E-state index in [0.717, 1.165) is 55.3 Å². The van der Waals surface area contributed by atoms with E-state index in [1.807, 2.05) is 29.5 Å². The number of aryl methyl sites for hydroxylation is 1. The Bertz CT molecular complexity index is 2570. The lowest BCUT2D eigenvalue weighted by molar-refractivity contribution is 0.0845. The van der Waals surface area contributed by atoms with Crippen LogP contribution in [-0.4, -0.2) is 11.8 Å². The van der Waals surface area contributed by atoms with Gasteiger partial charge in [-0.25, -0.2) is 0 Å². The van der Waals surface area contributed by atoms with Gasteiger partial charge in [-0.2, -0.15) is 0 Å². The zero-order valence-electron chi connectivity index (χ0n) is 26.5. The molecule has 1 aliphatic heterocycles. The highest BCUT2D eigenvalue weighted by Gasteiger charge is 2.32. The Morgan fingerprint density at radius 2 is 1.29 bits per heavy atom. The molecular weight excluding hydrogens is 629 g/mol. The monoisotopic (exact) mass is 660 g/mol. The number of rotatable bonds is 8. The molecule has 9 rings (SSSR count). The normalized spacial score (nSPS) is 13.0. The molecule has 6 heteroatoms. The number of nitrogens with one attached hydrogen (secondary N) is 1. The van der Waals surface area contributed by atoms with Gasteiger partial charge < -0.3 is 5.73 Å². The SMILES string of the molecule is CCCCCCc1ccc(-c2ccc(-c3ccc(-c4c5c6c(ccc7c8cccc9cccc(c(c4N)c67)c98)C(=O)NC5=O)cc3)s2)s1. The summed E-state index contributed by atoms with van der Waals surface area (Å²) < 4.78 is 0. The van der Waals surface area contributed by atoms with Crippen molar-refractivity contribution in [3.63, 3.8) is 0 Å². The Morgan fingerprint density at radius 3 is 2.10 bits per heavy atom. The van der Waals surface area contributed by atoms with E-state index in [1.165, 1.54) is 45.2 Å². The predicted molar refractivity (Wildman–Crippen MR) is 204 cm³/mol. The molecule has 0 bridgehead atoms. The zero-order valence-corrected chi connectivity index (χ0v) is 28.1. The van der Waals surface area contributed by atoms with E-state index in [4.69, 9.17) is 5.73 Å². The maximum atomic E-state index is 13.7. The number of carbonyl (C=O) groups is 2. The maximum Gasteiger partial charge on any atom is 0.259 e. The second kappa shape index (κ2) is 11.3. The van der Waals surface area contributed by atoms with Crippen molar-refractivity contribution in [1.82, 2.24) is 5.32 Å². The summed E-state index contributed by atoms with van der Waals surface area (Å²) in [6.45, 7) is 2.25. The van der Waals surface area contributed by atoms with Crippen LogP contribution in [0.5, 0.6) is 0 Å². The largest absolute Gasteiger partial charge is 0.398 e. The van der Waals surface area contributed by atoms with Crippen molar-refractivity contribution in [2.24, 2.45) is 0 Å². The van der Waals surface area contributed by atoms with Crippen LogP contribution in [0.4, 0.5) is 5.69 Å². The van der Waals surface area contributed by atoms with Crippen molar-refractivity contribution in [3.05, 3.63) is 113 Å². The number of thiophene rings is 2. The number of anilines is 1. The average Bonchev–Trinajstić information content (AvgIpc) is 3.79. The smallest absolute Gasteiger partial charge is 0.259 e. The lowest BCUT2D eigenvalue weighted by Crippen LogP contribution is -2.35. The number of hydrogen-bond donors (Lipinski definition) is 2. The van der Waals surface area contributed by atoms with Gasteiger partial charge in [-0.1, -0.05) is 92.9 Å². The van der Waals surface area contributed by atoms with E-state index >= 15 is 0 Å². The third-order valence-corrected chi connectivity index (χ3v) is 12.4. The van der Waals surface area contributed by atoms with Gasteiger partial charge in [-0.15, -0.1) is 22.7 Å². The lowest BCUT2D eigenvalue weighted by atomic mass is 9.80. The number of nitrogens with two attached hydrogens (primary N) is 1. The van der Waals surface area contributed by atoms with Gasteiger partial charge in [-0.05, 0) is 81.2 Å². The van der Waals surface area contributed by atoms with Crippen molar-refractivity contribution in [2.45, 2.75) is 39.0 Å². The van der Waals surface area contributed by atoms with Crippen LogP contribution in [-0.2, 0) is 6.42 Å². The Labute approximate surface area is 286 Å². The van der Waals surface area contributed by atoms with Crippen LogP contribution in [0.3, 0.4) is 0 Å². The van der Waals surface area contributed by atoms with Crippen molar-refractivity contribution >= 4 is 83.3 Å². The van der Waals surface area contributed by atoms with E-state index < -0.39 is 5.91 Å². The summed E-state index contributed by atoms with van der Waals surface area (Å²) in [7, 11) is 0. The molecule has 6 aromatic carbocycles. The number of amides is 2. The van der Waals surface area contributed by atoms with Gasteiger partial charge in [0.25, 0.3) is 11.8 Å². The quantitative estimate of drug-likeness (QED) is 0.0560. The van der Waals surface area contributed by atoms with Gasteiger partial charge in [0.05, 0.1) is 5.56 Å². The van der Waals surface area contributed by atoms with E-state index in [2.05, 4.69) is 91.1 Å². The minimum Gasteiger partial charge on any atom is -0.398 e. The highest BCUT2D eigenvalue weighted by Crippen LogP contribution is 2.50. The Morgan fingerprint density at radius 1 is 0.583 bits per heavy atom. The van der Waals surface area contributed by atoms with Gasteiger partial charge >= 0.3 is 0 Å². The minimum absolute atomic E-state index is 0.379. The molecular formula is C42H32N2O2S2. The first-order valence-electron chi connectivity index (χ1n) is 16.6. The molecule has 0 atom stereocenters. The molecule has 234 valence electrons. The van der Waals surface area contributed by atoms with Gasteiger partial charge in [0.15, 0.2) is 0 Å². The fourth-order valence-electron chi connectivity index (χ4n) is 7.67. The zero-order chi connectivity index (χ0) is 32.5. The first-order chi connectivity index (χ1) is 23.5. The number of fused-ring (bicyclic) bond motifs is 2. The average molecular weight is 661 g/mol. The number of hydrogen-bond acceptors (Lipinski definition) is 5. The van der Waals surface area contributed by atoms with Crippen molar-refractivity contribution in [1.29, 1.82) is 0 Å². The summed E-state index contributed by atoms with van der Waals surface area (Å²) in [5.74, 6) is -0.793. The summed E-state index contributed by atoms with van der Waals surface area (Å²) >= 11 is 3.70. The van der Waals surface area contributed by atoms with Crippen LogP contribution in [0, 0.1) is 0 Å². The van der Waals surface area contributed by atoms with Crippen LogP contribution in [0.25, 0.3) is 74.4 Å². The van der Waals surface area contributed by atoms with Crippen LogP contribution >= 0.6 is 22.7 Å². The lowest BCUT2D eigenvalue weighted by Gasteiger charge is -2.25. The number of unbranched alkanes of at least 4 members (excludes halogenated alkanes) is 3. The van der Waals surface area contributed by atoms with Gasteiger partial charge in [0, 0.05) is 52.5 Å². The molecule has 0 saturated carbocycles. The summed E-state index contributed by atoms with van der Waals surface area (Å²) in [6, 6.07) is 33.7. The molecule has 4 nitrogen and oxygen atoms in total. The Balaban J connectivity index is 1.17. The van der Waals surface area contributed by atoms with Gasteiger partial charge in [0.2, 0.25) is 0 Å². The molecule has 0 saturated heterocycles. The van der Waals surface area contributed by atoms with Gasteiger partial charge in [0.1, 0.15) is 0 Å².